The molecule has 0 bridgehead atoms. The van der Waals surface area contributed by atoms with Crippen LogP contribution < -0.4 is 9.80 Å². The molecule has 0 N–H and O–H groups in total. The van der Waals surface area contributed by atoms with Gasteiger partial charge in [-0.3, -0.25) is 24.2 Å². The monoisotopic (exact) mass is 536 g/mol. The van der Waals surface area contributed by atoms with Gasteiger partial charge < -0.3 is 4.90 Å². The average Bonchev–Trinajstić information content (AvgIpc) is 3.35. The highest BCUT2D eigenvalue weighted by atomic mass is 35.5. The first-order valence-electron chi connectivity index (χ1n) is 10.6. The van der Waals surface area contributed by atoms with Gasteiger partial charge in [-0.05, 0) is 50.5 Å². The summed E-state index contributed by atoms with van der Waals surface area (Å²) in [6.07, 6.45) is 1.46. The molecule has 1 fully saturated rings. The number of amides is 3. The highest BCUT2D eigenvalue weighted by Gasteiger charge is 2.31. The second-order valence-corrected chi connectivity index (χ2v) is 11.4. The van der Waals surface area contributed by atoms with E-state index in [1.165, 1.54) is 22.3 Å². The molecule has 186 valence electrons. The van der Waals surface area contributed by atoms with Gasteiger partial charge in [-0.1, -0.05) is 17.4 Å². The number of carbonyl (C=O) groups excluding carboxylic acids is 3. The van der Waals surface area contributed by atoms with Gasteiger partial charge in [0.25, 0.3) is 5.91 Å². The molecular formula is C23H25ClN4O5S2. The topological polar surface area (TPSA) is 108 Å². The molecule has 0 spiro atoms. The van der Waals surface area contributed by atoms with E-state index < -0.39 is 9.84 Å². The first-order chi connectivity index (χ1) is 16.0. The van der Waals surface area contributed by atoms with Crippen molar-refractivity contribution < 1.29 is 22.8 Å². The van der Waals surface area contributed by atoms with Crippen LogP contribution in [0.25, 0.3) is 10.2 Å². The quantitative estimate of drug-likeness (QED) is 0.427. The van der Waals surface area contributed by atoms with E-state index in [1.54, 1.807) is 36.4 Å². The van der Waals surface area contributed by atoms with Crippen LogP contribution in [0.3, 0.4) is 0 Å². The number of thiazole rings is 1. The first-order valence-corrected chi connectivity index (χ1v) is 13.3. The molecule has 9 nitrogen and oxygen atoms in total. The SMILES string of the molecule is CN(C)CCN(C(=O)c1cccc(N2C(=O)CCC2=O)c1)c1nc2ccc(S(C)(=O)=O)cc2s1.Cl. The molecule has 3 amide bonds. The molecule has 35 heavy (non-hydrogen) atoms. The van der Waals surface area contributed by atoms with E-state index in [1.807, 2.05) is 19.0 Å². The number of sulfone groups is 1. The lowest BCUT2D eigenvalue weighted by atomic mass is 10.1. The van der Waals surface area contributed by atoms with Crippen molar-refractivity contribution in [2.75, 3.05) is 43.2 Å². The van der Waals surface area contributed by atoms with Gasteiger partial charge in [0.05, 0.1) is 20.8 Å². The number of hydrogen-bond donors (Lipinski definition) is 0. The molecule has 2 aromatic carbocycles. The lowest BCUT2D eigenvalue weighted by Gasteiger charge is -2.22. The van der Waals surface area contributed by atoms with Gasteiger partial charge in [0, 0.05) is 37.8 Å². The summed E-state index contributed by atoms with van der Waals surface area (Å²) < 4.78 is 24.5. The normalized spacial score (nSPS) is 14.0. The third-order valence-corrected chi connectivity index (χ3v) is 7.58. The number of anilines is 2. The molecular weight excluding hydrogens is 512 g/mol. The minimum Gasteiger partial charge on any atom is -0.308 e. The van der Waals surface area contributed by atoms with Gasteiger partial charge in [0.1, 0.15) is 0 Å². The van der Waals surface area contributed by atoms with Crippen LogP contribution in [0.2, 0.25) is 0 Å². The van der Waals surface area contributed by atoms with E-state index in [2.05, 4.69) is 4.98 Å². The number of hydrogen-bond acceptors (Lipinski definition) is 8. The van der Waals surface area contributed by atoms with Crippen molar-refractivity contribution in [2.45, 2.75) is 17.7 Å². The fourth-order valence-corrected chi connectivity index (χ4v) is 5.37. The van der Waals surface area contributed by atoms with E-state index in [0.717, 1.165) is 11.2 Å². The van der Waals surface area contributed by atoms with Crippen molar-refractivity contribution in [3.05, 3.63) is 48.0 Å². The number of halogens is 1. The van der Waals surface area contributed by atoms with Crippen molar-refractivity contribution in [2.24, 2.45) is 0 Å². The summed E-state index contributed by atoms with van der Waals surface area (Å²) in [7, 11) is 0.411. The maximum absolute atomic E-state index is 13.6. The number of fused-ring (bicyclic) bond motifs is 1. The van der Waals surface area contributed by atoms with Gasteiger partial charge in [-0.15, -0.1) is 12.4 Å². The highest BCUT2D eigenvalue weighted by molar-refractivity contribution is 7.90. The van der Waals surface area contributed by atoms with Gasteiger partial charge in [-0.2, -0.15) is 0 Å². The molecule has 0 atom stereocenters. The minimum atomic E-state index is -3.38. The van der Waals surface area contributed by atoms with E-state index in [4.69, 9.17) is 0 Å². The van der Waals surface area contributed by atoms with Crippen LogP contribution in [-0.4, -0.2) is 69.5 Å². The van der Waals surface area contributed by atoms with Gasteiger partial charge in [0.2, 0.25) is 11.8 Å². The Bertz CT molecular complexity index is 1390. The minimum absolute atomic E-state index is 0. The summed E-state index contributed by atoms with van der Waals surface area (Å²) in [6.45, 7) is 0.912. The third kappa shape index (κ3) is 5.69. The Hall–Kier alpha value is -2.86. The number of benzene rings is 2. The number of aromatic nitrogens is 1. The Morgan fingerprint density at radius 1 is 1.06 bits per heavy atom. The van der Waals surface area contributed by atoms with Crippen LogP contribution in [0.4, 0.5) is 10.8 Å². The lowest BCUT2D eigenvalue weighted by Crippen LogP contribution is -2.37. The van der Waals surface area contributed by atoms with Gasteiger partial charge >= 0.3 is 0 Å². The smallest absolute Gasteiger partial charge is 0.260 e. The van der Waals surface area contributed by atoms with Crippen molar-refractivity contribution in [3.63, 3.8) is 0 Å². The Morgan fingerprint density at radius 3 is 2.37 bits per heavy atom. The van der Waals surface area contributed by atoms with E-state index in [9.17, 15) is 22.8 Å². The fourth-order valence-electron chi connectivity index (χ4n) is 3.62. The summed E-state index contributed by atoms with van der Waals surface area (Å²) in [5, 5.41) is 0.436. The lowest BCUT2D eigenvalue weighted by molar-refractivity contribution is -0.121. The van der Waals surface area contributed by atoms with Crippen LogP contribution in [0.1, 0.15) is 23.2 Å². The summed E-state index contributed by atoms with van der Waals surface area (Å²) in [4.78, 5) is 47.2. The molecule has 1 saturated heterocycles. The number of nitrogens with zero attached hydrogens (tertiary/aromatic N) is 4. The molecule has 0 radical (unpaired) electrons. The second-order valence-electron chi connectivity index (χ2n) is 8.33. The molecule has 1 aliphatic heterocycles. The molecule has 2 heterocycles. The Morgan fingerprint density at radius 2 is 1.74 bits per heavy atom. The summed E-state index contributed by atoms with van der Waals surface area (Å²) in [6, 6.07) is 11.1. The zero-order valence-corrected chi connectivity index (χ0v) is 21.9. The number of imide groups is 1. The number of carbonyl (C=O) groups is 3. The third-order valence-electron chi connectivity index (χ3n) is 5.43. The Balaban J connectivity index is 0.00000342. The van der Waals surface area contributed by atoms with Crippen molar-refractivity contribution in [1.29, 1.82) is 0 Å². The largest absolute Gasteiger partial charge is 0.308 e. The molecule has 0 unspecified atom stereocenters. The maximum Gasteiger partial charge on any atom is 0.260 e. The average molecular weight is 537 g/mol. The number of likely N-dealkylation sites (N-methyl/N-ethyl adjacent to an activating group) is 1. The Kier molecular flexibility index (Phi) is 7.95. The summed E-state index contributed by atoms with van der Waals surface area (Å²) in [5.41, 5.74) is 1.28. The number of rotatable bonds is 7. The van der Waals surface area contributed by atoms with E-state index in [0.29, 0.717) is 39.7 Å². The molecule has 1 aliphatic rings. The van der Waals surface area contributed by atoms with Crippen LogP contribution >= 0.6 is 23.7 Å². The van der Waals surface area contributed by atoms with Crippen molar-refractivity contribution in [1.82, 2.24) is 9.88 Å². The summed E-state index contributed by atoms with van der Waals surface area (Å²) >= 11 is 1.23. The molecule has 12 heteroatoms. The molecule has 0 saturated carbocycles. The van der Waals surface area contributed by atoms with Gasteiger partial charge in [-0.25, -0.2) is 13.4 Å². The molecule has 0 aliphatic carbocycles. The molecule has 4 rings (SSSR count). The van der Waals surface area contributed by atoms with Crippen LogP contribution in [0.15, 0.2) is 47.4 Å². The Labute approximate surface area is 213 Å². The highest BCUT2D eigenvalue weighted by Crippen LogP contribution is 2.32. The second kappa shape index (κ2) is 10.4. The molecule has 1 aromatic heterocycles. The summed E-state index contributed by atoms with van der Waals surface area (Å²) in [5.74, 6) is -0.899. The van der Waals surface area contributed by atoms with Gasteiger partial charge in [0.15, 0.2) is 15.0 Å². The fraction of sp³-hybridized carbons (Fsp3) is 0.304. The zero-order chi connectivity index (χ0) is 24.6. The zero-order valence-electron chi connectivity index (χ0n) is 19.4. The van der Waals surface area contributed by atoms with Crippen molar-refractivity contribution >= 4 is 72.3 Å². The maximum atomic E-state index is 13.6. The predicted octanol–water partition coefficient (Wildman–Crippen LogP) is 2.98. The predicted molar refractivity (Wildman–Crippen MR) is 138 cm³/mol. The van der Waals surface area contributed by atoms with E-state index in [-0.39, 0.29) is 47.9 Å². The van der Waals surface area contributed by atoms with Crippen molar-refractivity contribution in [3.8, 4) is 0 Å². The van der Waals surface area contributed by atoms with E-state index >= 15 is 0 Å². The molecule has 3 aromatic rings. The van der Waals surface area contributed by atoms with Crippen LogP contribution in [0.5, 0.6) is 0 Å². The first kappa shape index (κ1) is 26.7. The van der Waals surface area contributed by atoms with Crippen LogP contribution in [-0.2, 0) is 19.4 Å². The standard InChI is InChI=1S/C23H24N4O5S2.ClH/c1-25(2)11-12-26(23-24-18-8-7-17(34(3,31)32)14-19(18)33-23)22(30)15-5-4-6-16(13-15)27-20(28)9-10-21(27)29;/h4-8,13-14H,9-12H2,1-3H3;1H. The van der Waals surface area contributed by atoms with Crippen LogP contribution in [0, 0.1) is 0 Å².